The quantitative estimate of drug-likeness (QED) is 0.585. The largest absolute Gasteiger partial charge is 0.454 e. The topological polar surface area (TPSA) is 74.1 Å². The highest BCUT2D eigenvalue weighted by Gasteiger charge is 2.20. The first-order valence-electron chi connectivity index (χ1n) is 6.53. The average Bonchev–Trinajstić information content (AvgIpc) is 3.08. The van der Waals surface area contributed by atoms with Gasteiger partial charge in [-0.1, -0.05) is 18.2 Å². The molecule has 22 heavy (non-hydrogen) atoms. The van der Waals surface area contributed by atoms with E-state index in [0.29, 0.717) is 11.3 Å². The molecule has 4 aromatic rings. The van der Waals surface area contributed by atoms with E-state index >= 15 is 0 Å². The predicted molar refractivity (Wildman–Crippen MR) is 78.7 cm³/mol. The molecule has 0 aliphatic rings. The van der Waals surface area contributed by atoms with Gasteiger partial charge in [-0.3, -0.25) is 0 Å². The zero-order chi connectivity index (χ0) is 15.3. The van der Waals surface area contributed by atoms with Gasteiger partial charge in [-0.05, 0) is 24.3 Å². The molecule has 4 rings (SSSR count). The van der Waals surface area contributed by atoms with Crippen molar-refractivity contribution >= 4 is 27.9 Å². The summed E-state index contributed by atoms with van der Waals surface area (Å²) < 4.78 is 20.8. The zero-order valence-corrected chi connectivity index (χ0v) is 11.2. The molecular formula is C16H9FN3O2. The summed E-state index contributed by atoms with van der Waals surface area (Å²) in [7, 11) is 0. The molecule has 0 saturated heterocycles. The summed E-state index contributed by atoms with van der Waals surface area (Å²) in [5, 5.41) is 5.12. The molecule has 0 saturated carbocycles. The number of fused-ring (bicyclic) bond motifs is 2. The summed E-state index contributed by atoms with van der Waals surface area (Å²) in [6.45, 7) is 0. The van der Waals surface area contributed by atoms with E-state index < -0.39 is 11.8 Å². The Balaban J connectivity index is 2.07. The Hall–Kier alpha value is -3.15. The number of nitrogens with two attached hydrogens (primary N) is 1. The van der Waals surface area contributed by atoms with Crippen molar-refractivity contribution in [3.05, 3.63) is 54.3 Å². The molecule has 0 aliphatic carbocycles. The summed E-state index contributed by atoms with van der Waals surface area (Å²) in [4.78, 5) is 11.5. The molecule has 0 spiro atoms. The van der Waals surface area contributed by atoms with Gasteiger partial charge in [0.1, 0.15) is 17.1 Å². The third-order valence-corrected chi connectivity index (χ3v) is 3.46. The number of amides is 1. The van der Waals surface area contributed by atoms with Crippen molar-refractivity contribution in [3.63, 3.8) is 0 Å². The molecule has 5 nitrogen and oxygen atoms in total. The number of hydrogen-bond donors (Lipinski definition) is 1. The Bertz CT molecular complexity index is 999. The number of aromatic nitrogens is 2. The van der Waals surface area contributed by atoms with E-state index in [2.05, 4.69) is 11.2 Å². The van der Waals surface area contributed by atoms with Crippen molar-refractivity contribution in [2.45, 2.75) is 0 Å². The van der Waals surface area contributed by atoms with Crippen molar-refractivity contribution in [2.75, 3.05) is 0 Å². The van der Waals surface area contributed by atoms with Crippen LogP contribution >= 0.6 is 0 Å². The smallest absolute Gasteiger partial charge is 0.340 e. The highest BCUT2D eigenvalue weighted by Crippen LogP contribution is 2.33. The number of benzene rings is 2. The molecule has 0 aliphatic heterocycles. The highest BCUT2D eigenvalue weighted by molar-refractivity contribution is 5.99. The van der Waals surface area contributed by atoms with Crippen LogP contribution in [0, 0.1) is 11.9 Å². The first kappa shape index (κ1) is 12.6. The van der Waals surface area contributed by atoms with E-state index in [-0.39, 0.29) is 16.6 Å². The van der Waals surface area contributed by atoms with E-state index in [0.717, 1.165) is 10.1 Å². The maximum Gasteiger partial charge on any atom is 0.340 e. The summed E-state index contributed by atoms with van der Waals surface area (Å²) >= 11 is 0. The maximum absolute atomic E-state index is 14.2. The number of primary amides is 1. The first-order valence-corrected chi connectivity index (χ1v) is 6.53. The van der Waals surface area contributed by atoms with Crippen LogP contribution in [0.1, 0.15) is 0 Å². The summed E-state index contributed by atoms with van der Waals surface area (Å²) in [5.41, 5.74) is 6.45. The van der Waals surface area contributed by atoms with Gasteiger partial charge in [-0.25, -0.2) is 9.18 Å². The van der Waals surface area contributed by atoms with Gasteiger partial charge in [0, 0.05) is 11.5 Å². The van der Waals surface area contributed by atoms with Crippen molar-refractivity contribution < 1.29 is 13.6 Å². The third-order valence-electron chi connectivity index (χ3n) is 3.46. The van der Waals surface area contributed by atoms with Crippen LogP contribution in [0.3, 0.4) is 0 Å². The van der Waals surface area contributed by atoms with Crippen LogP contribution in [0.25, 0.3) is 33.3 Å². The number of halogens is 1. The molecule has 2 heterocycles. The van der Waals surface area contributed by atoms with Crippen molar-refractivity contribution in [2.24, 2.45) is 5.73 Å². The van der Waals surface area contributed by atoms with E-state index in [1.165, 1.54) is 12.1 Å². The minimum absolute atomic E-state index is 0.153. The van der Waals surface area contributed by atoms with Crippen molar-refractivity contribution in [1.82, 2.24) is 9.78 Å². The van der Waals surface area contributed by atoms with Crippen LogP contribution in [0.15, 0.2) is 46.9 Å². The fraction of sp³-hybridized carbons (Fsp3) is 0. The van der Waals surface area contributed by atoms with E-state index in [9.17, 15) is 9.18 Å². The monoisotopic (exact) mass is 294 g/mol. The average molecular weight is 294 g/mol. The molecular weight excluding hydrogens is 285 g/mol. The number of para-hydroxylation sites is 1. The lowest BCUT2D eigenvalue weighted by molar-refractivity contribution is 0.248. The van der Waals surface area contributed by atoms with E-state index in [4.69, 9.17) is 10.2 Å². The maximum atomic E-state index is 14.2. The lowest BCUT2D eigenvalue weighted by atomic mass is 10.1. The summed E-state index contributed by atoms with van der Waals surface area (Å²) in [5.74, 6) is -0.245. The van der Waals surface area contributed by atoms with Crippen LogP contribution in [0.2, 0.25) is 0 Å². The third kappa shape index (κ3) is 1.70. The van der Waals surface area contributed by atoms with Gasteiger partial charge in [0.05, 0.1) is 10.9 Å². The molecule has 107 valence electrons. The highest BCUT2D eigenvalue weighted by atomic mass is 19.1. The van der Waals surface area contributed by atoms with Gasteiger partial charge in [0.15, 0.2) is 5.76 Å². The molecule has 0 unspecified atom stereocenters. The Morgan fingerprint density at radius 3 is 2.91 bits per heavy atom. The lowest BCUT2D eigenvalue weighted by Gasteiger charge is -1.95. The molecule has 0 atom stereocenters. The van der Waals surface area contributed by atoms with Crippen molar-refractivity contribution in [1.29, 1.82) is 0 Å². The van der Waals surface area contributed by atoms with Gasteiger partial charge < -0.3 is 10.2 Å². The minimum Gasteiger partial charge on any atom is -0.454 e. The first-order chi connectivity index (χ1) is 10.6. The number of carbonyl (C=O) groups is 1. The molecule has 0 fully saturated rings. The van der Waals surface area contributed by atoms with Gasteiger partial charge in [-0.2, -0.15) is 9.78 Å². The number of rotatable bonds is 1. The van der Waals surface area contributed by atoms with Gasteiger partial charge in [0.25, 0.3) is 0 Å². The minimum atomic E-state index is -0.794. The second-order valence-corrected chi connectivity index (χ2v) is 4.80. The Labute approximate surface area is 123 Å². The molecule has 1 radical (unpaired) electrons. The molecule has 0 bridgehead atoms. The molecule has 1 amide bonds. The van der Waals surface area contributed by atoms with Crippen LogP contribution < -0.4 is 5.73 Å². The molecule has 2 aromatic carbocycles. The van der Waals surface area contributed by atoms with Crippen molar-refractivity contribution in [3.8, 4) is 11.5 Å². The number of nitrogens with zero attached hydrogens (tertiary/aromatic N) is 2. The van der Waals surface area contributed by atoms with Gasteiger partial charge >= 0.3 is 6.03 Å². The summed E-state index contributed by atoms with van der Waals surface area (Å²) in [6.07, 6.45) is 0. The Morgan fingerprint density at radius 1 is 1.32 bits per heavy atom. The normalized spacial score (nSPS) is 11.3. The summed E-state index contributed by atoms with van der Waals surface area (Å²) in [6, 6.07) is 13.7. The van der Waals surface area contributed by atoms with Gasteiger partial charge in [-0.15, -0.1) is 0 Å². The SMILES string of the molecule is NC(=O)n1nc(-c2cc3ccccc3o2)c2c(F)[c]ccc21. The second kappa shape index (κ2) is 4.42. The fourth-order valence-electron chi connectivity index (χ4n) is 2.51. The standard InChI is InChI=1S/C16H9FN3O2/c17-10-5-3-6-11-14(10)15(19-20(11)16(18)21)13-8-9-4-1-2-7-12(9)22-13/h1-4,6-8H,(H2,18,21). The van der Waals surface area contributed by atoms with Crippen LogP contribution in [0.4, 0.5) is 9.18 Å². The van der Waals surface area contributed by atoms with Gasteiger partial charge in [0.2, 0.25) is 0 Å². The van der Waals surface area contributed by atoms with Crippen LogP contribution in [-0.2, 0) is 0 Å². The Kier molecular flexibility index (Phi) is 2.53. The van der Waals surface area contributed by atoms with Crippen LogP contribution in [-0.4, -0.2) is 15.8 Å². The Morgan fingerprint density at radius 2 is 2.14 bits per heavy atom. The molecule has 2 N–H and O–H groups in total. The number of carbonyl (C=O) groups excluding carboxylic acids is 1. The lowest BCUT2D eigenvalue weighted by Crippen LogP contribution is -2.20. The van der Waals surface area contributed by atoms with Crippen LogP contribution in [0.5, 0.6) is 0 Å². The number of furan rings is 1. The number of hydrogen-bond acceptors (Lipinski definition) is 3. The second-order valence-electron chi connectivity index (χ2n) is 4.80. The molecule has 2 aromatic heterocycles. The van der Waals surface area contributed by atoms with E-state index in [1.54, 1.807) is 12.1 Å². The van der Waals surface area contributed by atoms with E-state index in [1.807, 2.05) is 18.2 Å². The fourth-order valence-corrected chi connectivity index (χ4v) is 2.51. The predicted octanol–water partition coefficient (Wildman–Crippen LogP) is 3.32. The zero-order valence-electron chi connectivity index (χ0n) is 11.2. The molecule has 6 heteroatoms.